The minimum absolute atomic E-state index is 0.0385. The van der Waals surface area contributed by atoms with E-state index < -0.39 is 0 Å². The summed E-state index contributed by atoms with van der Waals surface area (Å²) in [7, 11) is 0. The van der Waals surface area contributed by atoms with E-state index in [4.69, 9.17) is 4.98 Å². The lowest BCUT2D eigenvalue weighted by atomic mass is 9.98. The molecule has 1 amide bonds. The molecule has 1 aliphatic rings. The van der Waals surface area contributed by atoms with Crippen LogP contribution in [0.25, 0.3) is 5.78 Å². The van der Waals surface area contributed by atoms with Gasteiger partial charge in [0.05, 0.1) is 17.3 Å². The monoisotopic (exact) mass is 326 g/mol. The zero-order valence-corrected chi connectivity index (χ0v) is 13.8. The van der Waals surface area contributed by atoms with Crippen molar-refractivity contribution in [3.63, 3.8) is 0 Å². The van der Waals surface area contributed by atoms with E-state index in [0.717, 1.165) is 42.8 Å². The highest BCUT2D eigenvalue weighted by Gasteiger charge is 2.30. The molecule has 6 heteroatoms. The van der Waals surface area contributed by atoms with Gasteiger partial charge in [0.25, 0.3) is 5.91 Å². The molecule has 0 aromatic carbocycles. The molecular weight excluding hydrogens is 308 g/mol. The van der Waals surface area contributed by atoms with Crippen molar-refractivity contribution >= 4 is 23.0 Å². The van der Waals surface area contributed by atoms with Crippen LogP contribution in [0.5, 0.6) is 0 Å². The van der Waals surface area contributed by atoms with Gasteiger partial charge in [-0.05, 0) is 43.7 Å². The van der Waals surface area contributed by atoms with Crippen LogP contribution in [0.3, 0.4) is 0 Å². The number of hydrogen-bond donors (Lipinski definition) is 0. The zero-order valence-electron chi connectivity index (χ0n) is 13.0. The average Bonchev–Trinajstić information content (AvgIpc) is 3.25. The summed E-state index contributed by atoms with van der Waals surface area (Å²) in [5.74, 6) is 0.812. The summed E-state index contributed by atoms with van der Waals surface area (Å²) < 4.78 is 1.97. The lowest BCUT2D eigenvalue weighted by molar-refractivity contribution is 0.0606. The van der Waals surface area contributed by atoms with Crippen molar-refractivity contribution in [3.8, 4) is 0 Å². The largest absolute Gasteiger partial charge is 0.330 e. The third-order valence-corrected chi connectivity index (χ3v) is 5.14. The van der Waals surface area contributed by atoms with Gasteiger partial charge >= 0.3 is 0 Å². The van der Waals surface area contributed by atoms with Gasteiger partial charge in [-0.3, -0.25) is 9.20 Å². The van der Waals surface area contributed by atoms with Crippen molar-refractivity contribution in [1.29, 1.82) is 0 Å². The Morgan fingerprint density at radius 2 is 2.30 bits per heavy atom. The Kier molecular flexibility index (Phi) is 3.61. The number of likely N-dealkylation sites (tertiary alicyclic amines) is 1. The number of thiophene rings is 1. The average molecular weight is 326 g/mol. The summed E-state index contributed by atoms with van der Waals surface area (Å²) in [5, 5.41) is 3.87. The molecule has 0 saturated carbocycles. The van der Waals surface area contributed by atoms with Crippen LogP contribution in [0.1, 0.15) is 47.1 Å². The quantitative estimate of drug-likeness (QED) is 0.724. The molecule has 1 atom stereocenters. The number of nitrogens with zero attached hydrogens (tertiary/aromatic N) is 4. The standard InChI is InChI=1S/C17H18N4OS/c1-12-10-14(19-17-18-6-8-20(12)17)15-4-2-3-7-21(15)16(22)13-5-9-23-11-13/h5-6,8-11,15H,2-4,7H2,1H3/t15-/m0/s1. The highest BCUT2D eigenvalue weighted by molar-refractivity contribution is 7.08. The SMILES string of the molecule is Cc1cc([C@@H]2CCCCN2C(=O)c2ccsc2)nc2nccn12. The van der Waals surface area contributed by atoms with Crippen molar-refractivity contribution < 1.29 is 4.79 Å². The van der Waals surface area contributed by atoms with E-state index in [1.807, 2.05) is 39.2 Å². The number of amides is 1. The Hall–Kier alpha value is -2.21. The summed E-state index contributed by atoms with van der Waals surface area (Å²) >= 11 is 1.56. The van der Waals surface area contributed by atoms with E-state index in [2.05, 4.69) is 11.1 Å². The second-order valence-corrected chi connectivity index (χ2v) is 6.72. The third-order valence-electron chi connectivity index (χ3n) is 4.46. The van der Waals surface area contributed by atoms with Gasteiger partial charge in [-0.15, -0.1) is 0 Å². The van der Waals surface area contributed by atoms with E-state index in [1.165, 1.54) is 0 Å². The van der Waals surface area contributed by atoms with Crippen molar-refractivity contribution in [2.45, 2.75) is 32.2 Å². The molecule has 0 bridgehead atoms. The summed E-state index contributed by atoms with van der Waals surface area (Å²) in [5.41, 5.74) is 2.82. The molecule has 0 spiro atoms. The molecule has 4 rings (SSSR count). The van der Waals surface area contributed by atoms with Gasteiger partial charge in [0.15, 0.2) is 0 Å². The van der Waals surface area contributed by atoms with Crippen molar-refractivity contribution in [1.82, 2.24) is 19.3 Å². The molecule has 0 aliphatic carbocycles. The van der Waals surface area contributed by atoms with Crippen LogP contribution in [-0.4, -0.2) is 31.7 Å². The first kappa shape index (κ1) is 14.4. The van der Waals surface area contributed by atoms with Crippen LogP contribution >= 0.6 is 11.3 Å². The Morgan fingerprint density at radius 3 is 3.13 bits per heavy atom. The first-order valence-corrected chi connectivity index (χ1v) is 8.82. The van der Waals surface area contributed by atoms with E-state index in [0.29, 0.717) is 5.78 Å². The lowest BCUT2D eigenvalue weighted by Gasteiger charge is -2.35. The summed E-state index contributed by atoms with van der Waals surface area (Å²) in [6, 6.07) is 4.02. The normalized spacial score (nSPS) is 18.5. The first-order valence-electron chi connectivity index (χ1n) is 7.88. The molecule has 1 aliphatic heterocycles. The second kappa shape index (κ2) is 5.77. The number of carbonyl (C=O) groups excluding carboxylic acids is 1. The van der Waals surface area contributed by atoms with Crippen LogP contribution in [0, 0.1) is 6.92 Å². The molecule has 118 valence electrons. The maximum atomic E-state index is 12.8. The van der Waals surface area contributed by atoms with Gasteiger partial charge in [-0.2, -0.15) is 11.3 Å². The number of imidazole rings is 1. The third kappa shape index (κ3) is 2.53. The lowest BCUT2D eigenvalue weighted by Crippen LogP contribution is -2.38. The molecule has 1 saturated heterocycles. The number of carbonyl (C=O) groups is 1. The molecule has 0 N–H and O–H groups in total. The van der Waals surface area contributed by atoms with E-state index in [9.17, 15) is 4.79 Å². The summed E-state index contributed by atoms with van der Waals surface area (Å²) in [6.45, 7) is 2.84. The van der Waals surface area contributed by atoms with Crippen LogP contribution in [-0.2, 0) is 0 Å². The van der Waals surface area contributed by atoms with E-state index >= 15 is 0 Å². The molecular formula is C17H18N4OS. The number of piperidine rings is 1. The van der Waals surface area contributed by atoms with Gasteiger partial charge < -0.3 is 4.90 Å². The Labute approximate surface area is 138 Å². The molecule has 4 heterocycles. The zero-order chi connectivity index (χ0) is 15.8. The van der Waals surface area contributed by atoms with Crippen LogP contribution < -0.4 is 0 Å². The van der Waals surface area contributed by atoms with Gasteiger partial charge in [-0.25, -0.2) is 9.97 Å². The minimum atomic E-state index is 0.0385. The highest BCUT2D eigenvalue weighted by Crippen LogP contribution is 2.32. The maximum Gasteiger partial charge on any atom is 0.255 e. The fourth-order valence-corrected chi connectivity index (χ4v) is 3.92. The summed E-state index contributed by atoms with van der Waals surface area (Å²) in [4.78, 5) is 23.8. The van der Waals surface area contributed by atoms with Crippen molar-refractivity contribution in [3.05, 3.63) is 52.2 Å². The Morgan fingerprint density at radius 1 is 1.39 bits per heavy atom. The molecule has 0 unspecified atom stereocenters. The molecule has 23 heavy (non-hydrogen) atoms. The molecule has 0 radical (unpaired) electrons. The van der Waals surface area contributed by atoms with E-state index in [1.54, 1.807) is 17.5 Å². The van der Waals surface area contributed by atoms with Crippen molar-refractivity contribution in [2.75, 3.05) is 6.54 Å². The van der Waals surface area contributed by atoms with Crippen LogP contribution in [0.2, 0.25) is 0 Å². The smallest absolute Gasteiger partial charge is 0.255 e. The number of aromatic nitrogens is 3. The Bertz CT molecular complexity index is 840. The molecule has 5 nitrogen and oxygen atoms in total. The number of rotatable bonds is 2. The van der Waals surface area contributed by atoms with E-state index in [-0.39, 0.29) is 11.9 Å². The van der Waals surface area contributed by atoms with Gasteiger partial charge in [0.2, 0.25) is 5.78 Å². The van der Waals surface area contributed by atoms with Crippen LogP contribution in [0.4, 0.5) is 0 Å². The second-order valence-electron chi connectivity index (χ2n) is 5.94. The fourth-order valence-electron chi connectivity index (χ4n) is 3.29. The topological polar surface area (TPSA) is 50.5 Å². The number of hydrogen-bond acceptors (Lipinski definition) is 4. The predicted molar refractivity (Wildman–Crippen MR) is 89.7 cm³/mol. The number of aryl methyl sites for hydroxylation is 1. The summed E-state index contributed by atoms with van der Waals surface area (Å²) in [6.07, 6.45) is 6.81. The fraction of sp³-hybridized carbons (Fsp3) is 0.353. The van der Waals surface area contributed by atoms with Gasteiger partial charge in [0.1, 0.15) is 0 Å². The van der Waals surface area contributed by atoms with Gasteiger partial charge in [-0.1, -0.05) is 0 Å². The van der Waals surface area contributed by atoms with Gasteiger partial charge in [0, 0.05) is 30.0 Å². The minimum Gasteiger partial charge on any atom is -0.330 e. The molecule has 3 aromatic heterocycles. The maximum absolute atomic E-state index is 12.8. The highest BCUT2D eigenvalue weighted by atomic mass is 32.1. The van der Waals surface area contributed by atoms with Crippen molar-refractivity contribution in [2.24, 2.45) is 0 Å². The predicted octanol–water partition coefficient (Wildman–Crippen LogP) is 3.47. The van der Waals surface area contributed by atoms with Crippen LogP contribution in [0.15, 0.2) is 35.3 Å². The Balaban J connectivity index is 1.73. The molecule has 1 fully saturated rings. The first-order chi connectivity index (χ1) is 11.2. The number of fused-ring (bicyclic) bond motifs is 1. The molecule has 3 aromatic rings.